The summed E-state index contributed by atoms with van der Waals surface area (Å²) in [6, 6.07) is 8.98. The first-order valence-electron chi connectivity index (χ1n) is 8.05. The van der Waals surface area contributed by atoms with Crippen molar-refractivity contribution in [1.29, 1.82) is 0 Å². The molecule has 3 rings (SSSR count). The predicted octanol–water partition coefficient (Wildman–Crippen LogP) is 2.30. The molecule has 0 saturated carbocycles. The third kappa shape index (κ3) is 4.17. The number of ether oxygens (including phenoxy) is 1. The van der Waals surface area contributed by atoms with Gasteiger partial charge in [-0.25, -0.2) is 4.39 Å². The van der Waals surface area contributed by atoms with E-state index in [-0.39, 0.29) is 30.0 Å². The summed E-state index contributed by atoms with van der Waals surface area (Å²) in [5.74, 6) is 0.764. The lowest BCUT2D eigenvalue weighted by Gasteiger charge is -2.33. The summed E-state index contributed by atoms with van der Waals surface area (Å²) in [6.07, 6.45) is 0. The van der Waals surface area contributed by atoms with Crippen molar-refractivity contribution in [2.75, 3.05) is 26.2 Å². The fourth-order valence-electron chi connectivity index (χ4n) is 2.64. The van der Waals surface area contributed by atoms with E-state index in [0.717, 1.165) is 0 Å². The van der Waals surface area contributed by atoms with E-state index in [4.69, 9.17) is 9.15 Å². The van der Waals surface area contributed by atoms with Gasteiger partial charge in [0.05, 0.1) is 0 Å². The molecule has 1 aliphatic rings. The number of hydrogen-bond donors (Lipinski definition) is 0. The van der Waals surface area contributed by atoms with Gasteiger partial charge in [0.25, 0.3) is 5.91 Å². The molecule has 1 fully saturated rings. The minimum absolute atomic E-state index is 0.0188. The zero-order valence-corrected chi connectivity index (χ0v) is 13.9. The van der Waals surface area contributed by atoms with Crippen LogP contribution in [0.3, 0.4) is 0 Å². The molecule has 0 atom stereocenters. The maximum absolute atomic E-state index is 12.8. The number of carbonyl (C=O) groups excluding carboxylic acids is 2. The van der Waals surface area contributed by atoms with E-state index in [9.17, 15) is 14.0 Å². The maximum atomic E-state index is 12.8. The number of hydrogen-bond acceptors (Lipinski definition) is 4. The third-order valence-corrected chi connectivity index (χ3v) is 4.08. The zero-order chi connectivity index (χ0) is 17.8. The summed E-state index contributed by atoms with van der Waals surface area (Å²) in [4.78, 5) is 27.2. The van der Waals surface area contributed by atoms with Gasteiger partial charge in [-0.1, -0.05) is 0 Å². The molecular weight excluding hydrogens is 327 g/mol. The highest BCUT2D eigenvalue weighted by atomic mass is 19.1. The topological polar surface area (TPSA) is 63.0 Å². The highest BCUT2D eigenvalue weighted by molar-refractivity contribution is 5.91. The molecule has 1 aromatic carbocycles. The molecule has 1 aliphatic heterocycles. The Balaban J connectivity index is 1.55. The molecule has 0 radical (unpaired) electrons. The van der Waals surface area contributed by atoms with Gasteiger partial charge in [0, 0.05) is 33.1 Å². The number of benzene rings is 1. The van der Waals surface area contributed by atoms with E-state index < -0.39 is 0 Å². The molecule has 0 unspecified atom stereocenters. The quantitative estimate of drug-likeness (QED) is 0.852. The van der Waals surface area contributed by atoms with E-state index >= 15 is 0 Å². The Bertz CT molecular complexity index is 749. The van der Waals surface area contributed by atoms with E-state index in [0.29, 0.717) is 37.7 Å². The van der Waals surface area contributed by atoms with Gasteiger partial charge in [-0.2, -0.15) is 0 Å². The minimum atomic E-state index is -0.330. The van der Waals surface area contributed by atoms with Crippen molar-refractivity contribution >= 4 is 11.8 Å². The molecule has 1 saturated heterocycles. The molecule has 0 N–H and O–H groups in total. The minimum Gasteiger partial charge on any atom is -0.486 e. The monoisotopic (exact) mass is 346 g/mol. The number of halogens is 1. The number of furan rings is 1. The number of amides is 2. The molecule has 2 amide bonds. The van der Waals surface area contributed by atoms with Gasteiger partial charge >= 0.3 is 0 Å². The molecular formula is C18H19FN2O4. The molecule has 1 aromatic heterocycles. The van der Waals surface area contributed by atoms with Crippen LogP contribution in [-0.4, -0.2) is 47.8 Å². The van der Waals surface area contributed by atoms with Crippen molar-refractivity contribution in [2.24, 2.45) is 0 Å². The standard InChI is InChI=1S/C18H19FN2O4/c1-13(22)20-8-10-21(11-9-20)18(23)17-7-6-16(25-17)12-24-15-4-2-14(19)3-5-15/h2-7H,8-12H2,1H3. The van der Waals surface area contributed by atoms with Crippen LogP contribution < -0.4 is 4.74 Å². The van der Waals surface area contributed by atoms with Gasteiger partial charge in [-0.3, -0.25) is 9.59 Å². The van der Waals surface area contributed by atoms with Gasteiger partial charge in [-0.15, -0.1) is 0 Å². The van der Waals surface area contributed by atoms with E-state index in [2.05, 4.69) is 0 Å². The van der Waals surface area contributed by atoms with E-state index in [1.54, 1.807) is 21.9 Å². The van der Waals surface area contributed by atoms with Crippen molar-refractivity contribution in [3.8, 4) is 5.75 Å². The SMILES string of the molecule is CC(=O)N1CCN(C(=O)c2ccc(COc3ccc(F)cc3)o2)CC1. The van der Waals surface area contributed by atoms with Crippen LogP contribution in [0, 0.1) is 5.82 Å². The Morgan fingerprint density at radius 1 is 1.04 bits per heavy atom. The lowest BCUT2D eigenvalue weighted by molar-refractivity contribution is -0.130. The third-order valence-electron chi connectivity index (χ3n) is 4.08. The molecule has 0 spiro atoms. The molecule has 6 nitrogen and oxygen atoms in total. The molecule has 0 aliphatic carbocycles. The molecule has 0 bridgehead atoms. The van der Waals surface area contributed by atoms with Crippen molar-refractivity contribution in [2.45, 2.75) is 13.5 Å². The average molecular weight is 346 g/mol. The summed E-state index contributed by atoms with van der Waals surface area (Å²) in [7, 11) is 0. The Labute approximate surface area is 144 Å². The highest BCUT2D eigenvalue weighted by Gasteiger charge is 2.25. The predicted molar refractivity (Wildman–Crippen MR) is 87.6 cm³/mol. The highest BCUT2D eigenvalue weighted by Crippen LogP contribution is 2.16. The van der Waals surface area contributed by atoms with Crippen LogP contribution in [0.1, 0.15) is 23.2 Å². The molecule has 2 aromatic rings. The van der Waals surface area contributed by atoms with Crippen molar-refractivity contribution in [3.05, 3.63) is 53.7 Å². The Hall–Kier alpha value is -2.83. The molecule has 132 valence electrons. The lowest BCUT2D eigenvalue weighted by atomic mass is 10.3. The zero-order valence-electron chi connectivity index (χ0n) is 13.9. The molecule has 25 heavy (non-hydrogen) atoms. The Morgan fingerprint density at radius 3 is 2.32 bits per heavy atom. The smallest absolute Gasteiger partial charge is 0.289 e. The Kier molecular flexibility index (Phi) is 5.02. The molecule has 2 heterocycles. The van der Waals surface area contributed by atoms with Crippen LogP contribution in [0.15, 0.2) is 40.8 Å². The number of rotatable bonds is 4. The van der Waals surface area contributed by atoms with Gasteiger partial charge < -0.3 is 19.0 Å². The fourth-order valence-corrected chi connectivity index (χ4v) is 2.64. The number of carbonyl (C=O) groups is 2. The second-order valence-corrected chi connectivity index (χ2v) is 5.81. The maximum Gasteiger partial charge on any atom is 0.289 e. The first-order valence-corrected chi connectivity index (χ1v) is 8.05. The molecule has 7 heteroatoms. The lowest BCUT2D eigenvalue weighted by Crippen LogP contribution is -2.50. The first kappa shape index (κ1) is 17.0. The first-order chi connectivity index (χ1) is 12.0. The van der Waals surface area contributed by atoms with Crippen LogP contribution in [0.2, 0.25) is 0 Å². The number of nitrogens with zero attached hydrogens (tertiary/aromatic N) is 2. The summed E-state index contributed by atoms with van der Waals surface area (Å²) in [5.41, 5.74) is 0. The van der Waals surface area contributed by atoms with E-state index in [1.807, 2.05) is 0 Å². The van der Waals surface area contributed by atoms with Crippen LogP contribution in [-0.2, 0) is 11.4 Å². The van der Waals surface area contributed by atoms with E-state index in [1.165, 1.54) is 31.2 Å². The summed E-state index contributed by atoms with van der Waals surface area (Å²) >= 11 is 0. The largest absolute Gasteiger partial charge is 0.486 e. The second kappa shape index (κ2) is 7.38. The average Bonchev–Trinajstić information content (AvgIpc) is 3.10. The number of piperazine rings is 1. The van der Waals surface area contributed by atoms with Crippen molar-refractivity contribution < 1.29 is 23.1 Å². The fraction of sp³-hybridized carbons (Fsp3) is 0.333. The van der Waals surface area contributed by atoms with Gasteiger partial charge in [-0.05, 0) is 36.4 Å². The summed E-state index contributed by atoms with van der Waals surface area (Å²) in [6.45, 7) is 3.71. The van der Waals surface area contributed by atoms with Gasteiger partial charge in [0.2, 0.25) is 5.91 Å². The summed E-state index contributed by atoms with van der Waals surface area (Å²) in [5, 5.41) is 0. The van der Waals surface area contributed by atoms with Crippen molar-refractivity contribution in [3.63, 3.8) is 0 Å². The normalized spacial score (nSPS) is 14.5. The summed E-state index contributed by atoms with van der Waals surface area (Å²) < 4.78 is 23.9. The Morgan fingerprint density at radius 2 is 1.68 bits per heavy atom. The van der Waals surface area contributed by atoms with Crippen LogP contribution >= 0.6 is 0 Å². The van der Waals surface area contributed by atoms with Crippen molar-refractivity contribution in [1.82, 2.24) is 9.80 Å². The van der Waals surface area contributed by atoms with Gasteiger partial charge in [0.1, 0.15) is 23.9 Å². The van der Waals surface area contributed by atoms with Crippen LogP contribution in [0.5, 0.6) is 5.75 Å². The second-order valence-electron chi connectivity index (χ2n) is 5.81. The van der Waals surface area contributed by atoms with Gasteiger partial charge in [0.15, 0.2) is 5.76 Å². The van der Waals surface area contributed by atoms with Crippen LogP contribution in [0.4, 0.5) is 4.39 Å². The van der Waals surface area contributed by atoms with Crippen LogP contribution in [0.25, 0.3) is 0 Å².